The van der Waals surface area contributed by atoms with Crippen molar-refractivity contribution in [1.82, 2.24) is 19.4 Å². The third-order valence-electron chi connectivity index (χ3n) is 3.93. The van der Waals surface area contributed by atoms with Crippen LogP contribution < -0.4 is 0 Å². The SMILES string of the molecule is CN(C[C@H]1CCn2ccnc2C1)C(=O)c1ccncc1F. The van der Waals surface area contributed by atoms with Gasteiger partial charge in [0.2, 0.25) is 0 Å². The van der Waals surface area contributed by atoms with Gasteiger partial charge in [0, 0.05) is 45.1 Å². The highest BCUT2D eigenvalue weighted by Gasteiger charge is 2.23. The molecule has 0 aliphatic carbocycles. The third-order valence-corrected chi connectivity index (χ3v) is 3.93. The number of amides is 1. The fourth-order valence-electron chi connectivity index (χ4n) is 2.80. The minimum Gasteiger partial charge on any atom is -0.341 e. The maximum atomic E-state index is 13.6. The van der Waals surface area contributed by atoms with Gasteiger partial charge in [-0.2, -0.15) is 0 Å². The molecule has 0 spiro atoms. The number of hydrogen-bond acceptors (Lipinski definition) is 3. The van der Waals surface area contributed by atoms with E-state index in [4.69, 9.17) is 0 Å². The zero-order chi connectivity index (χ0) is 14.8. The number of halogens is 1. The van der Waals surface area contributed by atoms with Crippen LogP contribution in [0.3, 0.4) is 0 Å². The second-order valence-corrected chi connectivity index (χ2v) is 5.44. The van der Waals surface area contributed by atoms with Crippen molar-refractivity contribution < 1.29 is 9.18 Å². The van der Waals surface area contributed by atoms with Gasteiger partial charge < -0.3 is 9.47 Å². The molecule has 3 rings (SSSR count). The first-order valence-corrected chi connectivity index (χ1v) is 7.00. The van der Waals surface area contributed by atoms with Gasteiger partial charge in [-0.3, -0.25) is 9.78 Å². The number of rotatable bonds is 3. The summed E-state index contributed by atoms with van der Waals surface area (Å²) in [4.78, 5) is 21.8. The number of fused-ring (bicyclic) bond motifs is 1. The number of aromatic nitrogens is 3. The summed E-state index contributed by atoms with van der Waals surface area (Å²) >= 11 is 0. The van der Waals surface area contributed by atoms with Gasteiger partial charge in [0.05, 0.1) is 11.8 Å². The molecule has 21 heavy (non-hydrogen) atoms. The molecule has 0 fully saturated rings. The van der Waals surface area contributed by atoms with E-state index in [2.05, 4.69) is 14.5 Å². The Labute approximate surface area is 122 Å². The number of hydrogen-bond donors (Lipinski definition) is 0. The molecule has 0 saturated carbocycles. The Kier molecular flexibility index (Phi) is 3.68. The van der Waals surface area contributed by atoms with Crippen molar-refractivity contribution in [3.8, 4) is 0 Å². The Balaban J connectivity index is 1.66. The highest BCUT2D eigenvalue weighted by Crippen LogP contribution is 2.20. The molecular formula is C15H17FN4O. The van der Waals surface area contributed by atoms with Crippen LogP contribution in [-0.2, 0) is 13.0 Å². The van der Waals surface area contributed by atoms with E-state index in [-0.39, 0.29) is 11.5 Å². The third kappa shape index (κ3) is 2.79. The Bertz CT molecular complexity index is 655. The Morgan fingerprint density at radius 3 is 3.19 bits per heavy atom. The fourth-order valence-corrected chi connectivity index (χ4v) is 2.80. The lowest BCUT2D eigenvalue weighted by molar-refractivity contribution is 0.0759. The van der Waals surface area contributed by atoms with Crippen LogP contribution in [0.5, 0.6) is 0 Å². The summed E-state index contributed by atoms with van der Waals surface area (Å²) in [6, 6.07) is 1.42. The number of pyridine rings is 1. The van der Waals surface area contributed by atoms with Crippen LogP contribution in [0.4, 0.5) is 4.39 Å². The molecule has 0 aromatic carbocycles. The molecule has 0 bridgehead atoms. The molecule has 0 N–H and O–H groups in total. The van der Waals surface area contributed by atoms with E-state index in [1.807, 2.05) is 6.20 Å². The van der Waals surface area contributed by atoms with Crippen molar-refractivity contribution in [2.24, 2.45) is 5.92 Å². The molecule has 1 aliphatic heterocycles. The van der Waals surface area contributed by atoms with E-state index in [1.165, 1.54) is 12.3 Å². The lowest BCUT2D eigenvalue weighted by Gasteiger charge is -2.27. The standard InChI is InChI=1S/C15H17FN4O/c1-19(15(21)12-2-4-17-9-13(12)16)10-11-3-6-20-7-5-18-14(20)8-11/h2,4-5,7,9,11H,3,6,8,10H2,1H3/t11-/m0/s1. The Morgan fingerprint density at radius 1 is 1.52 bits per heavy atom. The van der Waals surface area contributed by atoms with Crippen molar-refractivity contribution in [3.05, 3.63) is 48.1 Å². The van der Waals surface area contributed by atoms with Gasteiger partial charge in [0.1, 0.15) is 5.82 Å². The molecule has 0 unspecified atom stereocenters. The summed E-state index contributed by atoms with van der Waals surface area (Å²) in [5, 5.41) is 0. The van der Waals surface area contributed by atoms with Gasteiger partial charge in [-0.05, 0) is 18.4 Å². The van der Waals surface area contributed by atoms with E-state index in [0.29, 0.717) is 12.5 Å². The van der Waals surface area contributed by atoms with Crippen LogP contribution >= 0.6 is 0 Å². The summed E-state index contributed by atoms with van der Waals surface area (Å²) in [6.45, 7) is 1.53. The zero-order valence-electron chi connectivity index (χ0n) is 11.9. The van der Waals surface area contributed by atoms with Gasteiger partial charge in [0.15, 0.2) is 5.82 Å². The highest BCUT2D eigenvalue weighted by atomic mass is 19.1. The zero-order valence-corrected chi connectivity index (χ0v) is 11.9. The topological polar surface area (TPSA) is 51.0 Å². The lowest BCUT2D eigenvalue weighted by atomic mass is 9.97. The monoisotopic (exact) mass is 288 g/mol. The van der Waals surface area contributed by atoms with Crippen LogP contribution in [0.15, 0.2) is 30.9 Å². The highest BCUT2D eigenvalue weighted by molar-refractivity contribution is 5.94. The fraction of sp³-hybridized carbons (Fsp3) is 0.400. The Morgan fingerprint density at radius 2 is 2.38 bits per heavy atom. The number of imidazole rings is 1. The average Bonchev–Trinajstić information content (AvgIpc) is 2.94. The summed E-state index contributed by atoms with van der Waals surface area (Å²) in [7, 11) is 1.71. The van der Waals surface area contributed by atoms with Crippen molar-refractivity contribution in [3.63, 3.8) is 0 Å². The van der Waals surface area contributed by atoms with Crippen LogP contribution in [0.2, 0.25) is 0 Å². The minimum atomic E-state index is -0.575. The minimum absolute atomic E-state index is 0.0739. The summed E-state index contributed by atoms with van der Waals surface area (Å²) in [6.07, 6.45) is 8.13. The molecule has 2 aromatic heterocycles. The second kappa shape index (κ2) is 5.63. The molecular weight excluding hydrogens is 271 g/mol. The van der Waals surface area contributed by atoms with Crippen molar-refractivity contribution in [2.75, 3.05) is 13.6 Å². The summed E-state index contributed by atoms with van der Waals surface area (Å²) < 4.78 is 15.8. The van der Waals surface area contributed by atoms with Crippen LogP contribution in [-0.4, -0.2) is 38.9 Å². The largest absolute Gasteiger partial charge is 0.341 e. The molecule has 3 heterocycles. The molecule has 0 radical (unpaired) electrons. The number of nitrogens with zero attached hydrogens (tertiary/aromatic N) is 4. The number of carbonyl (C=O) groups is 1. The van der Waals surface area contributed by atoms with Gasteiger partial charge >= 0.3 is 0 Å². The molecule has 1 atom stereocenters. The smallest absolute Gasteiger partial charge is 0.256 e. The first-order chi connectivity index (χ1) is 10.1. The van der Waals surface area contributed by atoms with E-state index >= 15 is 0 Å². The van der Waals surface area contributed by atoms with E-state index in [1.54, 1.807) is 18.1 Å². The predicted octanol–water partition coefficient (Wildman–Crippen LogP) is 1.75. The molecule has 1 amide bonds. The maximum absolute atomic E-state index is 13.6. The quantitative estimate of drug-likeness (QED) is 0.864. The maximum Gasteiger partial charge on any atom is 0.256 e. The van der Waals surface area contributed by atoms with Gasteiger partial charge in [-0.1, -0.05) is 0 Å². The summed E-state index contributed by atoms with van der Waals surface area (Å²) in [5.74, 6) is 0.540. The van der Waals surface area contributed by atoms with E-state index in [0.717, 1.165) is 31.4 Å². The van der Waals surface area contributed by atoms with Crippen LogP contribution in [0.1, 0.15) is 22.6 Å². The molecule has 6 heteroatoms. The van der Waals surface area contributed by atoms with Crippen LogP contribution in [0, 0.1) is 11.7 Å². The molecule has 1 aliphatic rings. The first-order valence-electron chi connectivity index (χ1n) is 7.00. The van der Waals surface area contributed by atoms with Crippen molar-refractivity contribution >= 4 is 5.91 Å². The Hall–Kier alpha value is -2.24. The molecule has 5 nitrogen and oxygen atoms in total. The number of aryl methyl sites for hydroxylation is 1. The summed E-state index contributed by atoms with van der Waals surface area (Å²) in [5.41, 5.74) is 0.0739. The van der Waals surface area contributed by atoms with E-state index < -0.39 is 5.82 Å². The van der Waals surface area contributed by atoms with Crippen LogP contribution in [0.25, 0.3) is 0 Å². The first kappa shape index (κ1) is 13.7. The second-order valence-electron chi connectivity index (χ2n) is 5.44. The molecule has 2 aromatic rings. The van der Waals surface area contributed by atoms with Crippen molar-refractivity contribution in [2.45, 2.75) is 19.4 Å². The van der Waals surface area contributed by atoms with Gasteiger partial charge in [-0.25, -0.2) is 9.37 Å². The van der Waals surface area contributed by atoms with E-state index in [9.17, 15) is 9.18 Å². The van der Waals surface area contributed by atoms with Gasteiger partial charge in [-0.15, -0.1) is 0 Å². The predicted molar refractivity (Wildman–Crippen MR) is 75.2 cm³/mol. The normalized spacial score (nSPS) is 17.3. The average molecular weight is 288 g/mol. The molecule has 0 saturated heterocycles. The molecule has 110 valence electrons. The lowest BCUT2D eigenvalue weighted by Crippen LogP contribution is -2.35. The van der Waals surface area contributed by atoms with Gasteiger partial charge in [0.25, 0.3) is 5.91 Å². The van der Waals surface area contributed by atoms with Crippen molar-refractivity contribution in [1.29, 1.82) is 0 Å². The number of carbonyl (C=O) groups excluding carboxylic acids is 1.